The van der Waals surface area contributed by atoms with E-state index in [1.807, 2.05) is 24.3 Å². The molecule has 0 spiro atoms. The lowest BCUT2D eigenvalue weighted by Gasteiger charge is -2.36. The number of nitrogens with zero attached hydrogens (tertiary/aromatic N) is 3. The third kappa shape index (κ3) is 14.3. The minimum Gasteiger partial charge on any atom is -0.422 e. The van der Waals surface area contributed by atoms with Crippen LogP contribution in [-0.2, 0) is 57.3 Å². The Balaban J connectivity index is 2.70. The van der Waals surface area contributed by atoms with Gasteiger partial charge in [0.15, 0.2) is 8.32 Å². The van der Waals surface area contributed by atoms with Crippen molar-refractivity contribution in [3.63, 3.8) is 0 Å². The molecule has 2 rings (SSSR count). The lowest BCUT2D eigenvalue weighted by atomic mass is 10.2. The lowest BCUT2D eigenvalue weighted by molar-refractivity contribution is 0.113. The van der Waals surface area contributed by atoms with E-state index in [9.17, 15) is 0 Å². The summed E-state index contributed by atoms with van der Waals surface area (Å²) in [6.45, 7) is 13.4. The molecule has 1 atom stereocenters. The highest BCUT2D eigenvalue weighted by molar-refractivity contribution is 7.78. The molecule has 0 amide bonds. The van der Waals surface area contributed by atoms with Crippen LogP contribution in [0.3, 0.4) is 0 Å². The molecule has 1 aromatic rings. The summed E-state index contributed by atoms with van der Waals surface area (Å²) in [6, 6.07) is 7.55. The fourth-order valence-electron chi connectivity index (χ4n) is 3.34. The van der Waals surface area contributed by atoms with Crippen LogP contribution in [-0.4, -0.2) is 110 Å². The zero-order valence-electron chi connectivity index (χ0n) is 29.7. The molecule has 0 aromatic heterocycles. The molecule has 1 unspecified atom stereocenters. The Kier molecular flexibility index (Phi) is 19.1. The normalized spacial score (nSPS) is 19.1. The molecule has 19 heteroatoms. The number of ether oxygens (including phenoxy) is 5. The minimum atomic E-state index is -3.67. The molecule has 15 nitrogen and oxygen atoms in total. The van der Waals surface area contributed by atoms with Crippen LogP contribution < -0.4 is 4.52 Å². The average molecular weight is 748 g/mol. The van der Waals surface area contributed by atoms with Crippen molar-refractivity contribution in [3.8, 4) is 5.75 Å². The summed E-state index contributed by atoms with van der Waals surface area (Å²) in [4.78, 5) is 0. The highest BCUT2D eigenvalue weighted by Gasteiger charge is 2.44. The number of hydrogen-bond donors (Lipinski definition) is 0. The van der Waals surface area contributed by atoms with Gasteiger partial charge in [-0.25, -0.2) is 0 Å². The van der Waals surface area contributed by atoms with Gasteiger partial charge in [-0.15, -0.1) is 13.5 Å². The van der Waals surface area contributed by atoms with Crippen molar-refractivity contribution in [2.45, 2.75) is 45.5 Å². The zero-order valence-corrected chi connectivity index (χ0v) is 33.4. The van der Waals surface area contributed by atoms with Crippen LogP contribution in [0.15, 0.2) is 37.8 Å². The van der Waals surface area contributed by atoms with Crippen LogP contribution in [0, 0.1) is 0 Å². The van der Waals surface area contributed by atoms with Gasteiger partial charge in [0.2, 0.25) is 0 Å². The first-order valence-electron chi connectivity index (χ1n) is 15.3. The molecule has 0 radical (unpaired) electrons. The van der Waals surface area contributed by atoms with E-state index in [0.29, 0.717) is 12.4 Å². The first-order chi connectivity index (χ1) is 22.3. The van der Waals surface area contributed by atoms with E-state index in [4.69, 9.17) is 68.8 Å². The third-order valence-electron chi connectivity index (χ3n) is 6.97. The van der Waals surface area contributed by atoms with E-state index in [1.54, 1.807) is 35.5 Å². The van der Waals surface area contributed by atoms with E-state index >= 15 is 0 Å². The smallest absolute Gasteiger partial charge is 0.402 e. The third-order valence-corrected chi connectivity index (χ3v) is 19.9. The Morgan fingerprint density at radius 2 is 0.872 bits per heavy atom. The molecular weight excluding hydrogens is 691 g/mol. The Morgan fingerprint density at radius 1 is 0.532 bits per heavy atom. The van der Waals surface area contributed by atoms with Gasteiger partial charge in [0.05, 0.1) is 72.7 Å². The second kappa shape index (κ2) is 21.0. The molecule has 1 aromatic carbocycles. The summed E-state index contributed by atoms with van der Waals surface area (Å²) in [6.07, 6.45) is 0. The fourth-order valence-corrected chi connectivity index (χ4v) is 13.6. The molecular formula is C28H56N3O12P3Si. The standard InChI is InChI=1S/C28H56N3O12P3Si/c1-28(2,3)47(9,10)42-25-26-11-13-27(14-12-26)43-46(41-24-19-36-8)30-44(37-20-15-32-4,38-21-16-33-5)29-45(31-46,39-22-17-34-6)40-23-18-35-7/h11-14H,15-25H2,1-10H3. The second-order valence-electron chi connectivity index (χ2n) is 11.7. The maximum atomic E-state index is 6.60. The van der Waals surface area contributed by atoms with Crippen LogP contribution in [0.5, 0.6) is 5.75 Å². The van der Waals surface area contributed by atoms with Crippen molar-refractivity contribution in [3.05, 3.63) is 29.8 Å². The molecule has 1 aliphatic heterocycles. The van der Waals surface area contributed by atoms with E-state index in [-0.39, 0.29) is 71.1 Å². The Hall–Kier alpha value is -0.513. The van der Waals surface area contributed by atoms with E-state index in [1.165, 1.54) is 0 Å². The van der Waals surface area contributed by atoms with Gasteiger partial charge in [-0.1, -0.05) is 32.9 Å². The average Bonchev–Trinajstić information content (AvgIpc) is 3.01. The SMILES string of the molecule is COCCOP1(OCCOC)=NP(OCCOC)(OCCOC)=NP(OCCOC)(Oc2ccc(CO[Si](C)(C)C(C)(C)C)cc2)=N1. The number of methoxy groups -OCH3 is 5. The number of hydrogen-bond acceptors (Lipinski definition) is 15. The van der Waals surface area contributed by atoms with Crippen molar-refractivity contribution in [1.29, 1.82) is 0 Å². The topological polar surface area (TPSA) is 148 Å². The first kappa shape index (κ1) is 42.7. The van der Waals surface area contributed by atoms with Gasteiger partial charge < -0.3 is 50.7 Å². The minimum absolute atomic E-state index is 0.0972. The van der Waals surface area contributed by atoms with Crippen LogP contribution in [0.4, 0.5) is 0 Å². The summed E-state index contributed by atoms with van der Waals surface area (Å²) >= 11 is 0. The predicted octanol–water partition coefficient (Wildman–Crippen LogP) is 7.75. The van der Waals surface area contributed by atoms with Crippen molar-refractivity contribution in [2.75, 3.05) is 102 Å². The summed E-state index contributed by atoms with van der Waals surface area (Å²) < 4.78 is 85.6. The van der Waals surface area contributed by atoms with E-state index in [0.717, 1.165) is 5.56 Å². The van der Waals surface area contributed by atoms with Gasteiger partial charge in [0.1, 0.15) is 5.75 Å². The van der Waals surface area contributed by atoms with Crippen molar-refractivity contribution in [2.24, 2.45) is 13.5 Å². The first-order valence-corrected chi connectivity index (χ1v) is 22.8. The second-order valence-corrected chi connectivity index (χ2v) is 23.0. The molecule has 0 saturated carbocycles. The number of benzene rings is 1. The van der Waals surface area contributed by atoms with Gasteiger partial charge in [-0.3, -0.25) is 4.52 Å². The zero-order chi connectivity index (χ0) is 34.9. The monoisotopic (exact) mass is 747 g/mol. The quantitative estimate of drug-likeness (QED) is 0.0547. The highest BCUT2D eigenvalue weighted by atomic mass is 31.3. The molecule has 0 N–H and O–H groups in total. The van der Waals surface area contributed by atoms with Crippen LogP contribution in [0.2, 0.25) is 18.1 Å². The summed E-state index contributed by atoms with van der Waals surface area (Å²) in [7, 11) is -4.91. The molecule has 0 aliphatic carbocycles. The maximum absolute atomic E-state index is 6.60. The molecule has 0 bridgehead atoms. The molecule has 0 fully saturated rings. The predicted molar refractivity (Wildman–Crippen MR) is 186 cm³/mol. The van der Waals surface area contributed by atoms with E-state index < -0.39 is 31.3 Å². The van der Waals surface area contributed by atoms with Crippen LogP contribution in [0.25, 0.3) is 0 Å². The Labute approximate surface area is 282 Å². The molecule has 1 aliphatic rings. The van der Waals surface area contributed by atoms with Gasteiger partial charge in [-0.2, -0.15) is 0 Å². The molecule has 0 saturated heterocycles. The largest absolute Gasteiger partial charge is 0.422 e. The van der Waals surface area contributed by atoms with Gasteiger partial charge in [0.25, 0.3) is 0 Å². The lowest BCUT2D eigenvalue weighted by Crippen LogP contribution is -2.40. The van der Waals surface area contributed by atoms with Gasteiger partial charge in [0, 0.05) is 35.5 Å². The molecule has 47 heavy (non-hydrogen) atoms. The molecule has 274 valence electrons. The van der Waals surface area contributed by atoms with Crippen molar-refractivity contribution in [1.82, 2.24) is 0 Å². The van der Waals surface area contributed by atoms with Gasteiger partial charge >= 0.3 is 23.0 Å². The Morgan fingerprint density at radius 3 is 1.23 bits per heavy atom. The summed E-state index contributed by atoms with van der Waals surface area (Å²) in [5.41, 5.74) is 1.00. The van der Waals surface area contributed by atoms with E-state index in [2.05, 4.69) is 33.9 Å². The van der Waals surface area contributed by atoms with Crippen LogP contribution in [0.1, 0.15) is 26.3 Å². The Bertz CT molecular complexity index is 1160. The number of rotatable bonds is 25. The van der Waals surface area contributed by atoms with Crippen molar-refractivity contribution >= 4 is 31.3 Å². The molecule has 1 heterocycles. The maximum Gasteiger partial charge on any atom is 0.402 e. The van der Waals surface area contributed by atoms with Gasteiger partial charge in [-0.05, 0) is 35.8 Å². The summed E-state index contributed by atoms with van der Waals surface area (Å²) in [5, 5.41) is 0.0972. The fraction of sp³-hybridized carbons (Fsp3) is 0.786. The van der Waals surface area contributed by atoms with Crippen molar-refractivity contribution < 1.29 is 55.3 Å². The summed E-state index contributed by atoms with van der Waals surface area (Å²) in [5.74, 6) is 0.458. The highest BCUT2D eigenvalue weighted by Crippen LogP contribution is 2.80. The van der Waals surface area contributed by atoms with Crippen LogP contribution >= 0.6 is 23.0 Å².